The third-order valence-electron chi connectivity index (χ3n) is 6.32. The maximum Gasteiger partial charge on any atom is 0.192 e. The summed E-state index contributed by atoms with van der Waals surface area (Å²) in [5.41, 5.74) is 1.17. The highest BCUT2D eigenvalue weighted by atomic mass is 28.4. The zero-order valence-electron chi connectivity index (χ0n) is 19.4. The van der Waals surface area contributed by atoms with E-state index in [-0.39, 0.29) is 29.6 Å². The van der Waals surface area contributed by atoms with Gasteiger partial charge in [-0.15, -0.1) is 0 Å². The maximum atomic E-state index is 6.77. The Balaban J connectivity index is 1.90. The molecule has 2 aliphatic heterocycles. The number of ether oxygens (including phenoxy) is 3. The zero-order valence-corrected chi connectivity index (χ0v) is 20.4. The van der Waals surface area contributed by atoms with Crippen molar-refractivity contribution in [2.45, 2.75) is 76.9 Å². The Morgan fingerprint density at radius 1 is 1.17 bits per heavy atom. The van der Waals surface area contributed by atoms with Crippen molar-refractivity contribution in [3.63, 3.8) is 0 Å². The van der Waals surface area contributed by atoms with E-state index in [2.05, 4.69) is 46.0 Å². The lowest BCUT2D eigenvalue weighted by molar-refractivity contribution is -0.288. The van der Waals surface area contributed by atoms with E-state index >= 15 is 0 Å². The molecule has 0 bridgehead atoms. The Labute approximate surface area is 182 Å². The number of benzene rings is 1. The second-order valence-corrected chi connectivity index (χ2v) is 14.3. The normalized spacial score (nSPS) is 28.8. The molecule has 4 atom stereocenters. The number of hydroxylamine groups is 2. The molecule has 1 fully saturated rings. The van der Waals surface area contributed by atoms with Gasteiger partial charge in [-0.2, -0.15) is 5.06 Å². The molecule has 0 saturated carbocycles. The molecule has 0 unspecified atom stereocenters. The zero-order chi connectivity index (χ0) is 21.9. The molecule has 168 valence electrons. The molecule has 1 aromatic carbocycles. The lowest BCUT2D eigenvalue weighted by Crippen LogP contribution is -2.60. The Hall–Kier alpha value is -1.22. The van der Waals surface area contributed by atoms with Gasteiger partial charge in [0.05, 0.1) is 33.0 Å². The lowest BCUT2D eigenvalue weighted by Gasteiger charge is -2.48. The lowest BCUT2D eigenvalue weighted by atomic mass is 10.0. The standard InChI is InChI=1S/C23H37NO5Si/c1-17-26-16-20(29-30(6,7)23(2,3)4)22(28-17)21-19(25-5)13-14-27-24(21)15-18-11-9-8-10-12-18/h8-13,17,20-22H,14-16H2,1-7H3/t17-,20+,21-,22-/m0/s1. The Morgan fingerprint density at radius 2 is 1.87 bits per heavy atom. The van der Waals surface area contributed by atoms with Gasteiger partial charge in [0, 0.05) is 0 Å². The molecule has 2 aliphatic rings. The predicted octanol–water partition coefficient (Wildman–Crippen LogP) is 4.48. The van der Waals surface area contributed by atoms with Gasteiger partial charge < -0.3 is 18.6 Å². The molecule has 0 aromatic heterocycles. The third kappa shape index (κ3) is 5.33. The molecule has 30 heavy (non-hydrogen) atoms. The molecule has 0 spiro atoms. The molecule has 6 nitrogen and oxygen atoms in total. The molecule has 0 radical (unpaired) electrons. The molecular formula is C23H37NO5Si. The maximum absolute atomic E-state index is 6.77. The molecular weight excluding hydrogens is 398 g/mol. The fourth-order valence-electron chi connectivity index (χ4n) is 3.60. The monoisotopic (exact) mass is 435 g/mol. The largest absolute Gasteiger partial charge is 0.499 e. The minimum atomic E-state index is -2.03. The van der Waals surface area contributed by atoms with Crippen molar-refractivity contribution in [3.05, 3.63) is 47.7 Å². The molecule has 1 aromatic rings. The van der Waals surface area contributed by atoms with E-state index in [9.17, 15) is 0 Å². The van der Waals surface area contributed by atoms with Gasteiger partial charge in [0.1, 0.15) is 17.9 Å². The first-order valence-electron chi connectivity index (χ1n) is 10.7. The van der Waals surface area contributed by atoms with Crippen LogP contribution in [-0.4, -0.2) is 58.2 Å². The van der Waals surface area contributed by atoms with Crippen molar-refractivity contribution >= 4 is 8.32 Å². The summed E-state index contributed by atoms with van der Waals surface area (Å²) in [7, 11) is -0.322. The summed E-state index contributed by atoms with van der Waals surface area (Å²) in [5.74, 6) is 0.847. The summed E-state index contributed by atoms with van der Waals surface area (Å²) >= 11 is 0. The van der Waals surface area contributed by atoms with Gasteiger partial charge in [-0.1, -0.05) is 51.1 Å². The summed E-state index contributed by atoms with van der Waals surface area (Å²) in [6.07, 6.45) is 1.20. The van der Waals surface area contributed by atoms with Crippen molar-refractivity contribution in [1.29, 1.82) is 0 Å². The van der Waals surface area contributed by atoms with Gasteiger partial charge in [-0.05, 0) is 36.7 Å². The molecule has 2 heterocycles. The van der Waals surface area contributed by atoms with Crippen LogP contribution in [0.15, 0.2) is 42.2 Å². The first-order chi connectivity index (χ1) is 14.1. The Bertz CT molecular complexity index is 718. The van der Waals surface area contributed by atoms with Gasteiger partial charge >= 0.3 is 0 Å². The van der Waals surface area contributed by atoms with Crippen LogP contribution in [0.25, 0.3) is 0 Å². The molecule has 7 heteroatoms. The number of hydrogen-bond acceptors (Lipinski definition) is 6. The van der Waals surface area contributed by atoms with Crippen LogP contribution < -0.4 is 0 Å². The summed E-state index contributed by atoms with van der Waals surface area (Å²) in [4.78, 5) is 6.07. The SMILES string of the molecule is COC1=CCON(Cc2ccccc2)[C@@H]1[C@H]1O[C@@H](C)OC[C@H]1O[Si](C)(C)C(C)(C)C. The van der Waals surface area contributed by atoms with Crippen LogP contribution in [0.1, 0.15) is 33.3 Å². The molecule has 0 amide bonds. The average Bonchev–Trinajstić information content (AvgIpc) is 2.69. The summed E-state index contributed by atoms with van der Waals surface area (Å²) in [6, 6.07) is 10.1. The first kappa shape index (κ1) is 23.4. The fourth-order valence-corrected chi connectivity index (χ4v) is 4.92. The van der Waals surface area contributed by atoms with Crippen LogP contribution in [0.2, 0.25) is 18.1 Å². The molecule has 1 saturated heterocycles. The number of hydrogen-bond donors (Lipinski definition) is 0. The van der Waals surface area contributed by atoms with Crippen molar-refractivity contribution in [2.75, 3.05) is 20.3 Å². The highest BCUT2D eigenvalue weighted by molar-refractivity contribution is 6.74. The first-order valence-corrected chi connectivity index (χ1v) is 13.7. The van der Waals surface area contributed by atoms with Crippen LogP contribution in [0.3, 0.4) is 0 Å². The van der Waals surface area contributed by atoms with E-state index in [1.165, 1.54) is 5.56 Å². The van der Waals surface area contributed by atoms with Gasteiger partial charge in [0.15, 0.2) is 14.6 Å². The topological polar surface area (TPSA) is 49.4 Å². The van der Waals surface area contributed by atoms with Crippen molar-refractivity contribution in [1.82, 2.24) is 5.06 Å². The van der Waals surface area contributed by atoms with E-state index in [0.29, 0.717) is 19.8 Å². The van der Waals surface area contributed by atoms with Gasteiger partial charge in [0.2, 0.25) is 0 Å². The van der Waals surface area contributed by atoms with Crippen LogP contribution in [-0.2, 0) is 30.0 Å². The molecule has 0 aliphatic carbocycles. The number of nitrogens with zero attached hydrogens (tertiary/aromatic N) is 1. The highest BCUT2D eigenvalue weighted by Crippen LogP contribution is 2.39. The van der Waals surface area contributed by atoms with Crippen molar-refractivity contribution in [2.24, 2.45) is 0 Å². The van der Waals surface area contributed by atoms with Gasteiger partial charge in [-0.3, -0.25) is 4.84 Å². The van der Waals surface area contributed by atoms with Crippen LogP contribution >= 0.6 is 0 Å². The van der Waals surface area contributed by atoms with E-state index in [4.69, 9.17) is 23.5 Å². The predicted molar refractivity (Wildman–Crippen MR) is 119 cm³/mol. The van der Waals surface area contributed by atoms with E-state index in [1.807, 2.05) is 36.3 Å². The third-order valence-corrected chi connectivity index (χ3v) is 10.8. The second-order valence-electron chi connectivity index (χ2n) is 9.53. The van der Waals surface area contributed by atoms with E-state index in [0.717, 1.165) is 5.76 Å². The highest BCUT2D eigenvalue weighted by Gasteiger charge is 2.48. The van der Waals surface area contributed by atoms with Gasteiger partial charge in [0.25, 0.3) is 0 Å². The average molecular weight is 436 g/mol. The van der Waals surface area contributed by atoms with Crippen molar-refractivity contribution in [3.8, 4) is 0 Å². The number of methoxy groups -OCH3 is 1. The fraction of sp³-hybridized carbons (Fsp3) is 0.652. The van der Waals surface area contributed by atoms with Crippen LogP contribution in [0, 0.1) is 0 Å². The van der Waals surface area contributed by atoms with Crippen LogP contribution in [0.5, 0.6) is 0 Å². The second kappa shape index (κ2) is 9.50. The summed E-state index contributed by atoms with van der Waals surface area (Å²) in [5, 5.41) is 2.06. The quantitative estimate of drug-likeness (QED) is 0.614. The number of rotatable bonds is 6. The minimum Gasteiger partial charge on any atom is -0.499 e. The Morgan fingerprint density at radius 3 is 2.50 bits per heavy atom. The molecule has 3 rings (SSSR count). The summed E-state index contributed by atoms with van der Waals surface area (Å²) < 4.78 is 24.7. The van der Waals surface area contributed by atoms with E-state index in [1.54, 1.807) is 7.11 Å². The van der Waals surface area contributed by atoms with Crippen LogP contribution in [0.4, 0.5) is 0 Å². The van der Waals surface area contributed by atoms with E-state index < -0.39 is 8.32 Å². The Kier molecular flexibility index (Phi) is 7.43. The summed E-state index contributed by atoms with van der Waals surface area (Å²) in [6.45, 7) is 14.8. The minimum absolute atomic E-state index is 0.0906. The van der Waals surface area contributed by atoms with Gasteiger partial charge in [-0.25, -0.2) is 0 Å². The smallest absolute Gasteiger partial charge is 0.192 e. The molecule has 0 N–H and O–H groups in total. The van der Waals surface area contributed by atoms with Crippen molar-refractivity contribution < 1.29 is 23.5 Å².